The maximum absolute atomic E-state index is 10.8. The number of hydrogen-bond donors (Lipinski definition) is 1. The van der Waals surface area contributed by atoms with Crippen molar-refractivity contribution >= 4 is 17.1 Å². The Kier molecular flexibility index (Phi) is 5.58. The first-order chi connectivity index (χ1) is 11.6. The molecule has 0 aliphatic carbocycles. The third-order valence-corrected chi connectivity index (χ3v) is 3.16. The van der Waals surface area contributed by atoms with Crippen LogP contribution in [0.15, 0.2) is 36.4 Å². The van der Waals surface area contributed by atoms with Crippen LogP contribution in [0.5, 0.6) is 11.5 Å². The first-order valence-electron chi connectivity index (χ1n) is 7.44. The number of nitrogens with one attached hydrogen (secondary N) is 1. The summed E-state index contributed by atoms with van der Waals surface area (Å²) in [7, 11) is 0. The van der Waals surface area contributed by atoms with Crippen LogP contribution in [0.25, 0.3) is 0 Å². The Hall–Kier alpha value is -3.27. The van der Waals surface area contributed by atoms with Gasteiger partial charge in [0.2, 0.25) is 0 Å². The molecular weight excluding hydrogens is 310 g/mol. The van der Waals surface area contributed by atoms with E-state index in [9.17, 15) is 15.4 Å². The molecule has 2 aromatic rings. The molecule has 0 fully saturated rings. The van der Waals surface area contributed by atoms with Crippen molar-refractivity contribution in [3.63, 3.8) is 0 Å². The lowest BCUT2D eigenvalue weighted by Crippen LogP contribution is -2.00. The number of ether oxygens (including phenoxy) is 2. The van der Waals surface area contributed by atoms with E-state index in [0.29, 0.717) is 36.1 Å². The molecule has 0 spiro atoms. The second kappa shape index (κ2) is 7.83. The van der Waals surface area contributed by atoms with Gasteiger partial charge in [-0.3, -0.25) is 10.1 Å². The third-order valence-electron chi connectivity index (χ3n) is 3.16. The topological polar surface area (TPSA) is 97.4 Å². The van der Waals surface area contributed by atoms with Crippen LogP contribution in [-0.2, 0) is 0 Å². The fourth-order valence-corrected chi connectivity index (χ4v) is 2.13. The lowest BCUT2D eigenvalue weighted by Gasteiger charge is -2.14. The molecule has 0 bridgehead atoms. The van der Waals surface area contributed by atoms with Crippen molar-refractivity contribution in [1.29, 1.82) is 5.26 Å². The molecule has 0 unspecified atom stereocenters. The van der Waals surface area contributed by atoms with Crippen molar-refractivity contribution < 1.29 is 14.4 Å². The molecule has 24 heavy (non-hydrogen) atoms. The number of nitro benzene ring substituents is 1. The molecule has 0 radical (unpaired) electrons. The summed E-state index contributed by atoms with van der Waals surface area (Å²) in [6.45, 7) is 4.77. The van der Waals surface area contributed by atoms with E-state index in [1.165, 1.54) is 18.2 Å². The van der Waals surface area contributed by atoms with Crippen LogP contribution in [-0.4, -0.2) is 18.1 Å². The smallest absolute Gasteiger partial charge is 0.270 e. The van der Waals surface area contributed by atoms with Gasteiger partial charge in [-0.15, -0.1) is 0 Å². The van der Waals surface area contributed by atoms with Gasteiger partial charge in [0.05, 0.1) is 29.4 Å². The normalized spacial score (nSPS) is 9.88. The summed E-state index contributed by atoms with van der Waals surface area (Å²) in [5, 5.41) is 23.1. The van der Waals surface area contributed by atoms with Gasteiger partial charge in [-0.05, 0) is 32.0 Å². The van der Waals surface area contributed by atoms with Crippen LogP contribution in [0.2, 0.25) is 0 Å². The second-order valence-corrected chi connectivity index (χ2v) is 4.75. The second-order valence-electron chi connectivity index (χ2n) is 4.75. The minimum atomic E-state index is -0.533. The number of non-ortho nitro benzene ring substituents is 1. The summed E-state index contributed by atoms with van der Waals surface area (Å²) in [6.07, 6.45) is 0. The number of rotatable bonds is 7. The van der Waals surface area contributed by atoms with Gasteiger partial charge < -0.3 is 14.8 Å². The van der Waals surface area contributed by atoms with Crippen molar-refractivity contribution in [2.45, 2.75) is 13.8 Å². The molecule has 0 atom stereocenters. The zero-order chi connectivity index (χ0) is 17.5. The van der Waals surface area contributed by atoms with E-state index in [0.717, 1.165) is 0 Å². The number of nitrogens with zero attached hydrogens (tertiary/aromatic N) is 2. The van der Waals surface area contributed by atoms with Gasteiger partial charge in [-0.2, -0.15) is 5.26 Å². The summed E-state index contributed by atoms with van der Waals surface area (Å²) in [5.74, 6) is 1.22. The average Bonchev–Trinajstić information content (AvgIpc) is 2.57. The Bertz CT molecular complexity index is 784. The molecule has 1 N–H and O–H groups in total. The monoisotopic (exact) mass is 327 g/mol. The number of hydrogen-bond acceptors (Lipinski definition) is 6. The highest BCUT2D eigenvalue weighted by atomic mass is 16.6. The Morgan fingerprint density at radius 1 is 1.12 bits per heavy atom. The highest BCUT2D eigenvalue weighted by molar-refractivity contribution is 5.70. The van der Waals surface area contributed by atoms with E-state index in [1.807, 2.05) is 19.9 Å². The van der Waals surface area contributed by atoms with E-state index < -0.39 is 4.92 Å². The first-order valence-corrected chi connectivity index (χ1v) is 7.44. The molecule has 0 aliphatic rings. The Morgan fingerprint density at radius 3 is 2.46 bits per heavy atom. The SMILES string of the molecule is CCOc1ccc(Nc2ccc([N+](=O)[O-])cc2C#N)cc1OCC. The zero-order valence-corrected chi connectivity index (χ0v) is 13.4. The lowest BCUT2D eigenvalue weighted by molar-refractivity contribution is -0.384. The molecule has 124 valence electrons. The molecular formula is C17H17N3O4. The lowest BCUT2D eigenvalue weighted by atomic mass is 10.1. The van der Waals surface area contributed by atoms with Crippen molar-refractivity contribution in [2.24, 2.45) is 0 Å². The molecule has 7 nitrogen and oxygen atoms in total. The van der Waals surface area contributed by atoms with Crippen LogP contribution in [0.3, 0.4) is 0 Å². The Labute approximate surface area is 139 Å². The van der Waals surface area contributed by atoms with Crippen LogP contribution in [0, 0.1) is 21.4 Å². The van der Waals surface area contributed by atoms with Gasteiger partial charge in [-0.25, -0.2) is 0 Å². The van der Waals surface area contributed by atoms with Gasteiger partial charge >= 0.3 is 0 Å². The first kappa shape index (κ1) is 17.1. The van der Waals surface area contributed by atoms with Gasteiger partial charge in [0, 0.05) is 23.9 Å². The molecule has 2 rings (SSSR count). The molecule has 2 aromatic carbocycles. The number of nitro groups is 1. The molecule has 0 saturated heterocycles. The molecule has 0 heterocycles. The largest absolute Gasteiger partial charge is 0.490 e. The van der Waals surface area contributed by atoms with Crippen molar-refractivity contribution in [2.75, 3.05) is 18.5 Å². The van der Waals surface area contributed by atoms with Gasteiger partial charge in [0.25, 0.3) is 5.69 Å². The summed E-state index contributed by atoms with van der Waals surface area (Å²) in [6, 6.07) is 11.4. The van der Waals surface area contributed by atoms with Crippen LogP contribution < -0.4 is 14.8 Å². The fraction of sp³-hybridized carbons (Fsp3) is 0.235. The number of anilines is 2. The van der Waals surface area contributed by atoms with Crippen LogP contribution in [0.1, 0.15) is 19.4 Å². The molecule has 0 amide bonds. The Morgan fingerprint density at radius 2 is 1.83 bits per heavy atom. The van der Waals surface area contributed by atoms with Crippen LogP contribution in [0.4, 0.5) is 17.1 Å². The Balaban J connectivity index is 2.32. The van der Waals surface area contributed by atoms with Gasteiger partial charge in [-0.1, -0.05) is 0 Å². The maximum Gasteiger partial charge on any atom is 0.270 e. The number of benzene rings is 2. The summed E-state index contributed by atoms with van der Waals surface area (Å²) >= 11 is 0. The van der Waals surface area contributed by atoms with Gasteiger partial charge in [0.1, 0.15) is 6.07 Å². The predicted molar refractivity (Wildman–Crippen MR) is 89.9 cm³/mol. The maximum atomic E-state index is 10.8. The van der Waals surface area contributed by atoms with Crippen molar-refractivity contribution in [1.82, 2.24) is 0 Å². The predicted octanol–water partition coefficient (Wildman–Crippen LogP) is 4.01. The molecule has 0 saturated carbocycles. The third kappa shape index (κ3) is 3.93. The van der Waals surface area contributed by atoms with E-state index in [4.69, 9.17) is 9.47 Å². The average molecular weight is 327 g/mol. The van der Waals surface area contributed by atoms with Crippen molar-refractivity contribution in [3.05, 3.63) is 52.1 Å². The summed E-state index contributed by atoms with van der Waals surface area (Å²) in [5.41, 5.74) is 1.23. The zero-order valence-electron chi connectivity index (χ0n) is 13.4. The molecule has 0 aromatic heterocycles. The molecule has 0 aliphatic heterocycles. The summed E-state index contributed by atoms with van der Waals surface area (Å²) < 4.78 is 11.1. The highest BCUT2D eigenvalue weighted by Crippen LogP contribution is 2.33. The van der Waals surface area contributed by atoms with Crippen LogP contribution >= 0.6 is 0 Å². The van der Waals surface area contributed by atoms with Gasteiger partial charge in [0.15, 0.2) is 11.5 Å². The fourth-order valence-electron chi connectivity index (χ4n) is 2.13. The minimum absolute atomic E-state index is 0.126. The number of nitriles is 1. The highest BCUT2D eigenvalue weighted by Gasteiger charge is 2.12. The van der Waals surface area contributed by atoms with E-state index in [1.54, 1.807) is 18.2 Å². The summed E-state index contributed by atoms with van der Waals surface area (Å²) in [4.78, 5) is 10.3. The van der Waals surface area contributed by atoms with E-state index in [2.05, 4.69) is 5.32 Å². The van der Waals surface area contributed by atoms with E-state index >= 15 is 0 Å². The van der Waals surface area contributed by atoms with E-state index in [-0.39, 0.29) is 11.3 Å². The molecule has 7 heteroatoms. The van der Waals surface area contributed by atoms with Crippen molar-refractivity contribution in [3.8, 4) is 17.6 Å². The minimum Gasteiger partial charge on any atom is -0.490 e. The quantitative estimate of drug-likeness (QED) is 0.609. The standard InChI is InChI=1S/C17H17N3O4/c1-3-23-16-8-5-13(10-17(16)24-4-2)19-15-7-6-14(20(21)22)9-12(15)11-18/h5-10,19H,3-4H2,1-2H3.